The molecule has 1 aromatic rings. The average molecular weight is 345 g/mol. The highest BCUT2D eigenvalue weighted by Crippen LogP contribution is 2.31. The molecule has 2 amide bonds. The fraction of sp³-hybridized carbons (Fsp3) is 0.650. The van der Waals surface area contributed by atoms with Crippen LogP contribution < -0.4 is 20.3 Å². The van der Waals surface area contributed by atoms with Crippen LogP contribution in [-0.4, -0.2) is 38.8 Å². The van der Waals surface area contributed by atoms with Crippen molar-refractivity contribution in [2.75, 3.05) is 31.6 Å². The number of methoxy groups -OCH3 is 1. The molecule has 2 fully saturated rings. The number of anilines is 1. The van der Waals surface area contributed by atoms with Gasteiger partial charge in [-0.25, -0.2) is 4.79 Å². The number of benzene rings is 1. The van der Waals surface area contributed by atoms with Gasteiger partial charge in [-0.15, -0.1) is 0 Å². The van der Waals surface area contributed by atoms with Crippen LogP contribution in [0.2, 0.25) is 0 Å². The van der Waals surface area contributed by atoms with E-state index in [0.717, 1.165) is 50.3 Å². The van der Waals surface area contributed by atoms with Gasteiger partial charge < -0.3 is 20.3 Å². The zero-order chi connectivity index (χ0) is 17.5. The normalized spacial score (nSPS) is 21.6. The van der Waals surface area contributed by atoms with Crippen LogP contribution in [0.25, 0.3) is 0 Å². The molecule has 1 atom stereocenters. The molecular formula is C20H31N3O2. The fourth-order valence-electron chi connectivity index (χ4n) is 4.01. The molecule has 5 heteroatoms. The predicted molar refractivity (Wildman–Crippen MR) is 101 cm³/mol. The van der Waals surface area contributed by atoms with E-state index in [4.69, 9.17) is 4.74 Å². The minimum atomic E-state index is 0.00245. The Morgan fingerprint density at radius 2 is 1.92 bits per heavy atom. The lowest BCUT2D eigenvalue weighted by Crippen LogP contribution is -2.43. The number of hydrogen-bond donors (Lipinski definition) is 2. The van der Waals surface area contributed by atoms with E-state index in [1.165, 1.54) is 25.7 Å². The van der Waals surface area contributed by atoms with Gasteiger partial charge in [-0.05, 0) is 37.3 Å². The van der Waals surface area contributed by atoms with E-state index >= 15 is 0 Å². The van der Waals surface area contributed by atoms with Crippen molar-refractivity contribution in [1.29, 1.82) is 0 Å². The fourth-order valence-corrected chi connectivity index (χ4v) is 4.01. The summed E-state index contributed by atoms with van der Waals surface area (Å²) < 4.78 is 5.46. The zero-order valence-electron chi connectivity index (χ0n) is 15.3. The van der Waals surface area contributed by atoms with Crippen molar-refractivity contribution in [1.82, 2.24) is 10.6 Å². The minimum Gasteiger partial charge on any atom is -0.495 e. The summed E-state index contributed by atoms with van der Waals surface area (Å²) >= 11 is 0. The SMILES string of the molecule is COc1ccccc1N1CCC(CNC(=O)NC2CCCCCC2)C1. The molecule has 3 rings (SSSR count). The lowest BCUT2D eigenvalue weighted by molar-refractivity contribution is 0.234. The summed E-state index contributed by atoms with van der Waals surface area (Å²) in [4.78, 5) is 14.5. The van der Waals surface area contributed by atoms with Gasteiger partial charge >= 0.3 is 6.03 Å². The first-order valence-electron chi connectivity index (χ1n) is 9.68. The zero-order valence-corrected chi connectivity index (χ0v) is 15.3. The highest BCUT2D eigenvalue weighted by molar-refractivity contribution is 5.74. The van der Waals surface area contributed by atoms with Crippen LogP contribution in [-0.2, 0) is 0 Å². The Hall–Kier alpha value is -1.91. The first kappa shape index (κ1) is 17.9. The van der Waals surface area contributed by atoms with E-state index < -0.39 is 0 Å². The Bertz CT molecular complexity index is 556. The summed E-state index contributed by atoms with van der Waals surface area (Å²) in [7, 11) is 1.71. The molecule has 25 heavy (non-hydrogen) atoms. The van der Waals surface area contributed by atoms with Crippen LogP contribution in [0.4, 0.5) is 10.5 Å². The summed E-state index contributed by atoms with van der Waals surface area (Å²) in [6.07, 6.45) is 8.43. The number of carbonyl (C=O) groups is 1. The third-order valence-electron chi connectivity index (χ3n) is 5.45. The van der Waals surface area contributed by atoms with Gasteiger partial charge in [0.15, 0.2) is 0 Å². The van der Waals surface area contributed by atoms with Crippen molar-refractivity contribution >= 4 is 11.7 Å². The number of para-hydroxylation sites is 2. The number of ether oxygens (including phenoxy) is 1. The van der Waals surface area contributed by atoms with E-state index in [1.807, 2.05) is 18.2 Å². The molecule has 1 saturated heterocycles. The number of carbonyl (C=O) groups excluding carboxylic acids is 1. The van der Waals surface area contributed by atoms with Gasteiger partial charge in [0, 0.05) is 25.7 Å². The van der Waals surface area contributed by atoms with Crippen molar-refractivity contribution in [2.24, 2.45) is 5.92 Å². The van der Waals surface area contributed by atoms with Gasteiger partial charge in [-0.1, -0.05) is 37.8 Å². The van der Waals surface area contributed by atoms with Gasteiger partial charge in [-0.2, -0.15) is 0 Å². The number of hydrogen-bond acceptors (Lipinski definition) is 3. The van der Waals surface area contributed by atoms with Crippen LogP contribution in [0.15, 0.2) is 24.3 Å². The van der Waals surface area contributed by atoms with Gasteiger partial charge in [0.1, 0.15) is 5.75 Å². The molecule has 5 nitrogen and oxygen atoms in total. The van der Waals surface area contributed by atoms with E-state index in [9.17, 15) is 4.79 Å². The smallest absolute Gasteiger partial charge is 0.315 e. The maximum absolute atomic E-state index is 12.2. The Kier molecular flexibility index (Phi) is 6.42. The highest BCUT2D eigenvalue weighted by Gasteiger charge is 2.25. The summed E-state index contributed by atoms with van der Waals surface area (Å²) in [6, 6.07) is 8.51. The number of urea groups is 1. The monoisotopic (exact) mass is 345 g/mol. The molecule has 1 saturated carbocycles. The molecule has 0 aromatic heterocycles. The molecule has 1 aliphatic carbocycles. The standard InChI is InChI=1S/C20H31N3O2/c1-25-19-11-7-6-10-18(19)23-13-12-16(15-23)14-21-20(24)22-17-8-4-2-3-5-9-17/h6-7,10-11,16-17H,2-5,8-9,12-15H2,1H3,(H2,21,22,24). The molecule has 1 aromatic carbocycles. The molecule has 2 aliphatic rings. The summed E-state index contributed by atoms with van der Waals surface area (Å²) in [5.74, 6) is 1.41. The Labute approximate surface area is 151 Å². The Balaban J connectivity index is 1.43. The van der Waals surface area contributed by atoms with Crippen molar-refractivity contribution in [3.05, 3.63) is 24.3 Å². The lowest BCUT2D eigenvalue weighted by Gasteiger charge is -2.21. The number of nitrogens with zero attached hydrogens (tertiary/aromatic N) is 1. The van der Waals surface area contributed by atoms with Crippen LogP contribution in [0.3, 0.4) is 0 Å². The average Bonchev–Trinajstić information content (AvgIpc) is 2.97. The van der Waals surface area contributed by atoms with Crippen molar-refractivity contribution in [3.63, 3.8) is 0 Å². The molecular weight excluding hydrogens is 314 g/mol. The van der Waals surface area contributed by atoms with Crippen LogP contribution in [0.5, 0.6) is 5.75 Å². The van der Waals surface area contributed by atoms with E-state index in [-0.39, 0.29) is 6.03 Å². The maximum atomic E-state index is 12.2. The molecule has 1 heterocycles. The first-order valence-corrected chi connectivity index (χ1v) is 9.68. The van der Waals surface area contributed by atoms with Crippen molar-refractivity contribution in [3.8, 4) is 5.75 Å². The minimum absolute atomic E-state index is 0.00245. The van der Waals surface area contributed by atoms with E-state index in [1.54, 1.807) is 7.11 Å². The van der Waals surface area contributed by atoms with E-state index in [0.29, 0.717) is 12.0 Å². The highest BCUT2D eigenvalue weighted by atomic mass is 16.5. The van der Waals surface area contributed by atoms with Crippen molar-refractivity contribution in [2.45, 2.75) is 51.0 Å². The third-order valence-corrected chi connectivity index (χ3v) is 5.45. The largest absolute Gasteiger partial charge is 0.495 e. The second-order valence-electron chi connectivity index (χ2n) is 7.32. The predicted octanol–water partition coefficient (Wildman–Crippen LogP) is 3.54. The van der Waals surface area contributed by atoms with Crippen LogP contribution >= 0.6 is 0 Å². The Morgan fingerprint density at radius 3 is 2.68 bits per heavy atom. The first-order chi connectivity index (χ1) is 12.3. The maximum Gasteiger partial charge on any atom is 0.315 e. The Morgan fingerprint density at radius 1 is 1.16 bits per heavy atom. The summed E-state index contributed by atoms with van der Waals surface area (Å²) in [5.41, 5.74) is 1.15. The van der Waals surface area contributed by atoms with Crippen LogP contribution in [0.1, 0.15) is 44.9 Å². The summed E-state index contributed by atoms with van der Waals surface area (Å²) in [5, 5.41) is 6.25. The van der Waals surface area contributed by atoms with E-state index in [2.05, 4.69) is 21.6 Å². The number of rotatable bonds is 5. The lowest BCUT2D eigenvalue weighted by atomic mass is 10.1. The van der Waals surface area contributed by atoms with Crippen molar-refractivity contribution < 1.29 is 9.53 Å². The second kappa shape index (κ2) is 8.97. The van der Waals surface area contributed by atoms with Gasteiger partial charge in [-0.3, -0.25) is 0 Å². The topological polar surface area (TPSA) is 53.6 Å². The molecule has 1 aliphatic heterocycles. The molecule has 0 bridgehead atoms. The molecule has 0 spiro atoms. The number of amides is 2. The third kappa shape index (κ3) is 5.03. The molecule has 138 valence electrons. The summed E-state index contributed by atoms with van der Waals surface area (Å²) in [6.45, 7) is 2.71. The molecule has 0 radical (unpaired) electrons. The molecule has 1 unspecified atom stereocenters. The van der Waals surface area contributed by atoms with Gasteiger partial charge in [0.25, 0.3) is 0 Å². The van der Waals surface area contributed by atoms with Gasteiger partial charge in [0.05, 0.1) is 12.8 Å². The van der Waals surface area contributed by atoms with Crippen LogP contribution in [0, 0.1) is 5.92 Å². The van der Waals surface area contributed by atoms with Gasteiger partial charge in [0.2, 0.25) is 0 Å². The molecule has 2 N–H and O–H groups in total. The number of nitrogens with one attached hydrogen (secondary N) is 2. The second-order valence-corrected chi connectivity index (χ2v) is 7.32. The quantitative estimate of drug-likeness (QED) is 0.803.